The van der Waals surface area contributed by atoms with E-state index >= 15 is 0 Å². The van der Waals surface area contributed by atoms with E-state index in [2.05, 4.69) is 20.2 Å². The lowest BCUT2D eigenvalue weighted by Gasteiger charge is -2.36. The molecule has 1 aromatic heterocycles. The highest BCUT2D eigenvalue weighted by Crippen LogP contribution is 2.27. The maximum atomic E-state index is 13.1. The van der Waals surface area contributed by atoms with Crippen molar-refractivity contribution < 1.29 is 9.59 Å². The van der Waals surface area contributed by atoms with Gasteiger partial charge in [-0.1, -0.05) is 17.7 Å². The summed E-state index contributed by atoms with van der Waals surface area (Å²) in [5, 5.41) is 3.17. The molecule has 0 spiro atoms. The van der Waals surface area contributed by atoms with Crippen LogP contribution in [0.15, 0.2) is 30.3 Å². The molecule has 1 atom stereocenters. The molecule has 1 aromatic carbocycles. The first kappa shape index (κ1) is 21.1. The Hall–Kier alpha value is -3.16. The van der Waals surface area contributed by atoms with E-state index in [0.717, 1.165) is 42.4 Å². The van der Waals surface area contributed by atoms with E-state index in [4.69, 9.17) is 0 Å². The first-order valence-corrected chi connectivity index (χ1v) is 10.9. The molecule has 2 amide bonds. The van der Waals surface area contributed by atoms with Crippen LogP contribution in [0, 0.1) is 19.8 Å². The van der Waals surface area contributed by atoms with Crippen molar-refractivity contribution in [1.82, 2.24) is 14.9 Å². The van der Waals surface area contributed by atoms with E-state index in [1.54, 1.807) is 4.90 Å². The van der Waals surface area contributed by atoms with Crippen molar-refractivity contribution >= 4 is 29.3 Å². The van der Waals surface area contributed by atoms with Gasteiger partial charge in [-0.25, -0.2) is 4.98 Å². The van der Waals surface area contributed by atoms with Gasteiger partial charge in [0.05, 0.1) is 5.92 Å². The summed E-state index contributed by atoms with van der Waals surface area (Å²) in [7, 11) is 0. The summed E-state index contributed by atoms with van der Waals surface area (Å²) in [6, 6.07) is 9.86. The van der Waals surface area contributed by atoms with Gasteiger partial charge >= 0.3 is 0 Å². The Balaban J connectivity index is 1.36. The van der Waals surface area contributed by atoms with Crippen LogP contribution in [0.5, 0.6) is 0 Å². The number of rotatable bonds is 5. The van der Waals surface area contributed by atoms with Crippen molar-refractivity contribution in [3.63, 3.8) is 0 Å². The number of piperazine rings is 1. The molecule has 8 heteroatoms. The maximum absolute atomic E-state index is 13.1. The monoisotopic (exact) mass is 422 g/mol. The van der Waals surface area contributed by atoms with Crippen molar-refractivity contribution in [1.29, 1.82) is 0 Å². The molecule has 1 N–H and O–H groups in total. The fraction of sp³-hybridized carbons (Fsp3) is 0.478. The van der Waals surface area contributed by atoms with Gasteiger partial charge in [0.15, 0.2) is 0 Å². The minimum atomic E-state index is -0.276. The highest BCUT2D eigenvalue weighted by Gasteiger charge is 2.38. The molecule has 3 heterocycles. The molecule has 4 rings (SSSR count). The van der Waals surface area contributed by atoms with Gasteiger partial charge in [-0.15, -0.1) is 0 Å². The van der Waals surface area contributed by atoms with Crippen molar-refractivity contribution in [2.45, 2.75) is 27.2 Å². The van der Waals surface area contributed by atoms with E-state index < -0.39 is 0 Å². The number of hydrogen-bond donors (Lipinski definition) is 1. The number of benzene rings is 1. The SMILES string of the molecule is CCNc1nc(C)cc(N2CCN(C(=O)C3CC(=O)N(c4ccc(C)cc4)C3)CC2)n1. The lowest BCUT2D eigenvalue weighted by atomic mass is 10.1. The Morgan fingerprint density at radius 1 is 1.10 bits per heavy atom. The van der Waals surface area contributed by atoms with Crippen LogP contribution >= 0.6 is 0 Å². The molecule has 2 aromatic rings. The number of amides is 2. The largest absolute Gasteiger partial charge is 0.354 e. The van der Waals surface area contributed by atoms with Crippen LogP contribution in [0.3, 0.4) is 0 Å². The van der Waals surface area contributed by atoms with Gasteiger partial charge in [0.1, 0.15) is 5.82 Å². The maximum Gasteiger partial charge on any atom is 0.228 e. The van der Waals surface area contributed by atoms with Gasteiger partial charge in [0.25, 0.3) is 0 Å². The second-order valence-corrected chi connectivity index (χ2v) is 8.27. The van der Waals surface area contributed by atoms with Crippen LogP contribution in [0.4, 0.5) is 17.5 Å². The topological polar surface area (TPSA) is 81.7 Å². The van der Waals surface area contributed by atoms with Crippen LogP contribution in [-0.4, -0.2) is 66.0 Å². The zero-order valence-electron chi connectivity index (χ0n) is 18.5. The molecule has 0 radical (unpaired) electrons. The molecule has 2 fully saturated rings. The Kier molecular flexibility index (Phi) is 6.06. The number of nitrogens with zero attached hydrogens (tertiary/aromatic N) is 5. The van der Waals surface area contributed by atoms with Crippen LogP contribution < -0.4 is 15.1 Å². The van der Waals surface area contributed by atoms with Crippen molar-refractivity contribution in [3.05, 3.63) is 41.6 Å². The Morgan fingerprint density at radius 3 is 2.48 bits per heavy atom. The molecule has 1 unspecified atom stereocenters. The molecule has 2 aliphatic heterocycles. The zero-order chi connectivity index (χ0) is 22.0. The molecular weight excluding hydrogens is 392 g/mol. The van der Waals surface area contributed by atoms with Crippen LogP contribution in [0.25, 0.3) is 0 Å². The standard InChI is InChI=1S/C23H30N6O2/c1-4-24-23-25-17(3)13-20(26-23)27-9-11-28(12-10-27)22(31)18-14-21(30)29(15-18)19-7-5-16(2)6-8-19/h5-8,13,18H,4,9-12,14-15H2,1-3H3,(H,24,25,26). The minimum Gasteiger partial charge on any atom is -0.354 e. The van der Waals surface area contributed by atoms with Crippen molar-refractivity contribution in [3.8, 4) is 0 Å². The molecule has 0 saturated carbocycles. The number of aryl methyl sites for hydroxylation is 2. The molecule has 31 heavy (non-hydrogen) atoms. The Bertz CT molecular complexity index is 953. The molecule has 0 aliphatic carbocycles. The highest BCUT2D eigenvalue weighted by atomic mass is 16.2. The Labute approximate surface area is 183 Å². The summed E-state index contributed by atoms with van der Waals surface area (Å²) in [4.78, 5) is 40.5. The third-order valence-electron chi connectivity index (χ3n) is 5.91. The average Bonchev–Trinajstić information content (AvgIpc) is 3.15. The number of nitrogens with one attached hydrogen (secondary N) is 1. The van der Waals surface area contributed by atoms with E-state index in [9.17, 15) is 9.59 Å². The first-order valence-electron chi connectivity index (χ1n) is 10.9. The van der Waals surface area contributed by atoms with E-state index in [-0.39, 0.29) is 24.2 Å². The number of anilines is 3. The molecule has 2 saturated heterocycles. The van der Waals surface area contributed by atoms with Crippen LogP contribution in [-0.2, 0) is 9.59 Å². The van der Waals surface area contributed by atoms with Gasteiger partial charge in [0, 0.05) is 63.1 Å². The number of hydrogen-bond acceptors (Lipinski definition) is 6. The lowest BCUT2D eigenvalue weighted by Crippen LogP contribution is -2.51. The third kappa shape index (κ3) is 4.62. The summed E-state index contributed by atoms with van der Waals surface area (Å²) in [5.41, 5.74) is 2.93. The summed E-state index contributed by atoms with van der Waals surface area (Å²) >= 11 is 0. The molecular formula is C23H30N6O2. The van der Waals surface area contributed by atoms with Gasteiger partial charge in [-0.3, -0.25) is 9.59 Å². The van der Waals surface area contributed by atoms with Gasteiger partial charge in [-0.2, -0.15) is 4.98 Å². The second-order valence-electron chi connectivity index (χ2n) is 8.27. The summed E-state index contributed by atoms with van der Waals surface area (Å²) in [5.74, 6) is 1.35. The van der Waals surface area contributed by atoms with Crippen LogP contribution in [0.1, 0.15) is 24.6 Å². The molecule has 8 nitrogen and oxygen atoms in total. The molecule has 2 aliphatic rings. The number of carbonyl (C=O) groups is 2. The number of carbonyl (C=O) groups excluding carboxylic acids is 2. The van der Waals surface area contributed by atoms with E-state index in [1.807, 2.05) is 56.0 Å². The molecule has 0 bridgehead atoms. The Morgan fingerprint density at radius 2 is 1.81 bits per heavy atom. The second kappa shape index (κ2) is 8.91. The first-order chi connectivity index (χ1) is 14.9. The zero-order valence-corrected chi connectivity index (χ0v) is 18.5. The van der Waals surface area contributed by atoms with E-state index in [0.29, 0.717) is 25.6 Å². The fourth-order valence-electron chi connectivity index (χ4n) is 4.21. The minimum absolute atomic E-state index is 0.0215. The number of aromatic nitrogens is 2. The summed E-state index contributed by atoms with van der Waals surface area (Å²) < 4.78 is 0. The predicted octanol–water partition coefficient (Wildman–Crippen LogP) is 2.23. The van der Waals surface area contributed by atoms with E-state index in [1.165, 1.54) is 0 Å². The van der Waals surface area contributed by atoms with Crippen molar-refractivity contribution in [2.24, 2.45) is 5.92 Å². The highest BCUT2D eigenvalue weighted by molar-refractivity contribution is 6.00. The van der Waals surface area contributed by atoms with Gasteiger partial charge in [0.2, 0.25) is 17.8 Å². The predicted molar refractivity (Wildman–Crippen MR) is 121 cm³/mol. The quantitative estimate of drug-likeness (QED) is 0.796. The fourth-order valence-corrected chi connectivity index (χ4v) is 4.21. The third-order valence-corrected chi connectivity index (χ3v) is 5.91. The average molecular weight is 423 g/mol. The lowest BCUT2D eigenvalue weighted by molar-refractivity contribution is -0.136. The smallest absolute Gasteiger partial charge is 0.228 e. The van der Waals surface area contributed by atoms with Gasteiger partial charge < -0.3 is 20.0 Å². The summed E-state index contributed by atoms with van der Waals surface area (Å²) in [6.07, 6.45) is 0.282. The molecule has 164 valence electrons. The van der Waals surface area contributed by atoms with Crippen LogP contribution in [0.2, 0.25) is 0 Å². The normalized spacial score (nSPS) is 19.1. The van der Waals surface area contributed by atoms with Crippen molar-refractivity contribution in [2.75, 3.05) is 54.4 Å². The summed E-state index contributed by atoms with van der Waals surface area (Å²) in [6.45, 7) is 9.92. The van der Waals surface area contributed by atoms with Gasteiger partial charge in [-0.05, 0) is 32.9 Å².